The summed E-state index contributed by atoms with van der Waals surface area (Å²) < 4.78 is 0. The first-order valence-electron chi connectivity index (χ1n) is 6.12. The zero-order valence-corrected chi connectivity index (χ0v) is 10.3. The van der Waals surface area contributed by atoms with Gasteiger partial charge in [-0.2, -0.15) is 0 Å². The molecule has 17 heavy (non-hydrogen) atoms. The molecule has 1 fully saturated rings. The van der Waals surface area contributed by atoms with Gasteiger partial charge in [-0.1, -0.05) is 24.8 Å². The minimum atomic E-state index is 0.300. The topological polar surface area (TPSA) is 23.5 Å². The van der Waals surface area contributed by atoms with Crippen LogP contribution in [-0.2, 0) is 0 Å². The zero-order valence-electron chi connectivity index (χ0n) is 10.3. The van der Waals surface area contributed by atoms with Crippen LogP contribution >= 0.6 is 0 Å². The van der Waals surface area contributed by atoms with Crippen molar-refractivity contribution < 1.29 is 5.11 Å². The first-order valence-corrected chi connectivity index (χ1v) is 6.12. The highest BCUT2D eigenvalue weighted by atomic mass is 16.3. The Balaban J connectivity index is 2.34. The Hall–Kier alpha value is -1.70. The van der Waals surface area contributed by atoms with Crippen molar-refractivity contribution >= 4 is 11.8 Å². The molecule has 0 radical (unpaired) electrons. The van der Waals surface area contributed by atoms with E-state index in [1.165, 1.54) is 12.8 Å². The summed E-state index contributed by atoms with van der Waals surface area (Å²) in [4.78, 5) is 2.29. The normalized spacial score (nSPS) is 15.7. The van der Waals surface area contributed by atoms with Gasteiger partial charge < -0.3 is 10.0 Å². The minimum Gasteiger partial charge on any atom is -0.508 e. The maximum absolute atomic E-state index is 9.61. The second-order valence-electron chi connectivity index (χ2n) is 4.41. The average molecular weight is 229 g/mol. The number of likely N-dealkylation sites (tertiary alicyclic amines) is 1. The van der Waals surface area contributed by atoms with Gasteiger partial charge in [0.15, 0.2) is 0 Å². The van der Waals surface area contributed by atoms with Gasteiger partial charge in [-0.3, -0.25) is 0 Å². The van der Waals surface area contributed by atoms with Crippen LogP contribution in [0, 0.1) is 0 Å². The van der Waals surface area contributed by atoms with E-state index in [0.717, 1.165) is 29.9 Å². The molecule has 2 rings (SSSR count). The van der Waals surface area contributed by atoms with Crippen LogP contribution < -0.4 is 0 Å². The number of nitrogens with zero attached hydrogens (tertiary/aromatic N) is 1. The number of hydrogen-bond donors (Lipinski definition) is 1. The van der Waals surface area contributed by atoms with E-state index in [0.29, 0.717) is 5.75 Å². The maximum Gasteiger partial charge on any atom is 0.116 e. The summed E-state index contributed by atoms with van der Waals surface area (Å²) in [5.41, 5.74) is 3.17. The van der Waals surface area contributed by atoms with Gasteiger partial charge >= 0.3 is 0 Å². The molecule has 2 heteroatoms. The number of phenols is 1. The summed E-state index contributed by atoms with van der Waals surface area (Å²) in [7, 11) is 0. The second-order valence-corrected chi connectivity index (χ2v) is 4.41. The van der Waals surface area contributed by atoms with E-state index >= 15 is 0 Å². The Morgan fingerprint density at radius 1 is 1.35 bits per heavy atom. The number of rotatable bonds is 3. The largest absolute Gasteiger partial charge is 0.508 e. The Morgan fingerprint density at radius 2 is 2.06 bits per heavy atom. The van der Waals surface area contributed by atoms with Crippen molar-refractivity contribution in [2.75, 3.05) is 13.1 Å². The minimum absolute atomic E-state index is 0.300. The lowest BCUT2D eigenvalue weighted by Crippen LogP contribution is -2.17. The third-order valence-corrected chi connectivity index (χ3v) is 3.18. The lowest BCUT2D eigenvalue weighted by molar-refractivity contribution is 0.472. The quantitative estimate of drug-likeness (QED) is 0.857. The number of benzene rings is 1. The van der Waals surface area contributed by atoms with Crippen molar-refractivity contribution in [2.24, 2.45) is 0 Å². The number of aromatic hydroxyl groups is 1. The third-order valence-electron chi connectivity index (χ3n) is 3.18. The zero-order chi connectivity index (χ0) is 12.3. The summed E-state index contributed by atoms with van der Waals surface area (Å²) in [5, 5.41) is 9.61. The second kappa shape index (κ2) is 5.09. The molecular weight excluding hydrogens is 210 g/mol. The Bertz CT molecular complexity index is 442. The van der Waals surface area contributed by atoms with Gasteiger partial charge in [0, 0.05) is 24.4 Å². The smallest absolute Gasteiger partial charge is 0.116 e. The van der Waals surface area contributed by atoms with Gasteiger partial charge in [0.05, 0.1) is 0 Å². The Morgan fingerprint density at radius 3 is 2.71 bits per heavy atom. The highest BCUT2D eigenvalue weighted by Gasteiger charge is 2.16. The molecule has 90 valence electrons. The van der Waals surface area contributed by atoms with Crippen LogP contribution in [-0.4, -0.2) is 23.1 Å². The highest BCUT2D eigenvalue weighted by molar-refractivity contribution is 5.73. The fourth-order valence-electron chi connectivity index (χ4n) is 2.28. The van der Waals surface area contributed by atoms with Crippen LogP contribution in [0.25, 0.3) is 11.8 Å². The SMILES string of the molecule is C=C(c1cc(O)ccc1/C=C\C)N1CCCC1. The van der Waals surface area contributed by atoms with Crippen molar-refractivity contribution in [3.63, 3.8) is 0 Å². The van der Waals surface area contributed by atoms with E-state index in [-0.39, 0.29) is 0 Å². The van der Waals surface area contributed by atoms with Gasteiger partial charge in [-0.25, -0.2) is 0 Å². The molecule has 0 bridgehead atoms. The predicted molar refractivity (Wildman–Crippen MR) is 72.7 cm³/mol. The van der Waals surface area contributed by atoms with Crippen molar-refractivity contribution in [3.8, 4) is 5.75 Å². The van der Waals surface area contributed by atoms with Crippen molar-refractivity contribution in [3.05, 3.63) is 42.0 Å². The van der Waals surface area contributed by atoms with Gasteiger partial charge in [-0.05, 0) is 37.5 Å². The van der Waals surface area contributed by atoms with Crippen molar-refractivity contribution in [1.82, 2.24) is 4.90 Å². The van der Waals surface area contributed by atoms with Crippen molar-refractivity contribution in [1.29, 1.82) is 0 Å². The van der Waals surface area contributed by atoms with E-state index in [4.69, 9.17) is 0 Å². The lowest BCUT2D eigenvalue weighted by atomic mass is 10.0. The number of phenolic OH excluding ortho intramolecular Hbond substituents is 1. The number of allylic oxidation sites excluding steroid dienone is 1. The fraction of sp³-hybridized carbons (Fsp3) is 0.333. The molecule has 0 amide bonds. The van der Waals surface area contributed by atoms with E-state index in [2.05, 4.69) is 17.6 Å². The Labute approximate surface area is 103 Å². The molecule has 0 aliphatic carbocycles. The molecule has 1 N–H and O–H groups in total. The molecule has 0 spiro atoms. The third kappa shape index (κ3) is 2.52. The molecule has 0 atom stereocenters. The highest BCUT2D eigenvalue weighted by Crippen LogP contribution is 2.28. The van der Waals surface area contributed by atoms with Gasteiger partial charge in [0.25, 0.3) is 0 Å². The van der Waals surface area contributed by atoms with E-state index in [1.807, 2.05) is 19.1 Å². The summed E-state index contributed by atoms with van der Waals surface area (Å²) in [6.45, 7) is 8.31. The first-order chi connectivity index (χ1) is 8.22. The van der Waals surface area contributed by atoms with Crippen LogP contribution in [0.2, 0.25) is 0 Å². The van der Waals surface area contributed by atoms with Crippen molar-refractivity contribution in [2.45, 2.75) is 19.8 Å². The molecule has 1 saturated heterocycles. The van der Waals surface area contributed by atoms with E-state index < -0.39 is 0 Å². The van der Waals surface area contributed by atoms with Crippen LogP contribution in [0.5, 0.6) is 5.75 Å². The molecule has 2 nitrogen and oxygen atoms in total. The van der Waals surface area contributed by atoms with Crippen LogP contribution in [0.15, 0.2) is 30.9 Å². The van der Waals surface area contributed by atoms with E-state index in [9.17, 15) is 5.11 Å². The first kappa shape index (κ1) is 11.8. The molecule has 1 aliphatic rings. The van der Waals surface area contributed by atoms with Crippen LogP contribution in [0.4, 0.5) is 0 Å². The molecule has 0 saturated carbocycles. The van der Waals surface area contributed by atoms with Gasteiger partial charge in [0.2, 0.25) is 0 Å². The maximum atomic E-state index is 9.61. The summed E-state index contributed by atoms with van der Waals surface area (Å²) >= 11 is 0. The van der Waals surface area contributed by atoms with Gasteiger partial charge in [0.1, 0.15) is 5.75 Å². The number of hydrogen-bond acceptors (Lipinski definition) is 2. The fourth-order valence-corrected chi connectivity index (χ4v) is 2.28. The van der Waals surface area contributed by atoms with E-state index in [1.54, 1.807) is 12.1 Å². The van der Waals surface area contributed by atoms with Crippen LogP contribution in [0.3, 0.4) is 0 Å². The molecule has 1 aromatic rings. The molecule has 1 aromatic carbocycles. The average Bonchev–Trinajstić information content (AvgIpc) is 2.84. The monoisotopic (exact) mass is 229 g/mol. The molecular formula is C15H19NO. The summed E-state index contributed by atoms with van der Waals surface area (Å²) in [6, 6.07) is 5.46. The summed E-state index contributed by atoms with van der Waals surface area (Å²) in [6.07, 6.45) is 6.52. The molecule has 0 aromatic heterocycles. The summed E-state index contributed by atoms with van der Waals surface area (Å²) in [5.74, 6) is 0.300. The standard InChI is InChI=1S/C15H19NO/c1-3-6-13-7-8-14(17)11-15(13)12(2)16-9-4-5-10-16/h3,6-8,11,17H,2,4-5,9-10H2,1H3/b6-3-. The molecule has 0 unspecified atom stereocenters. The van der Waals surface area contributed by atoms with Crippen LogP contribution in [0.1, 0.15) is 30.9 Å². The molecule has 1 heterocycles. The lowest BCUT2D eigenvalue weighted by Gasteiger charge is -2.22. The molecule has 1 aliphatic heterocycles. The predicted octanol–water partition coefficient (Wildman–Crippen LogP) is 3.49. The Kier molecular flexibility index (Phi) is 3.52. The van der Waals surface area contributed by atoms with Gasteiger partial charge in [-0.15, -0.1) is 0 Å².